The van der Waals surface area contributed by atoms with Crippen LogP contribution >= 0.6 is 0 Å². The quantitative estimate of drug-likeness (QED) is 0.767. The van der Waals surface area contributed by atoms with Crippen molar-refractivity contribution in [2.75, 3.05) is 6.54 Å². The number of aliphatic hydroxyl groups is 1. The largest absolute Gasteiger partial charge is 0.387 e. The van der Waals surface area contributed by atoms with Gasteiger partial charge in [-0.3, -0.25) is 9.48 Å². The van der Waals surface area contributed by atoms with E-state index in [0.717, 1.165) is 35.6 Å². The average molecular weight is 367 g/mol. The molecule has 0 bridgehead atoms. The average Bonchev–Trinajstić information content (AvgIpc) is 3.20. The van der Waals surface area contributed by atoms with Gasteiger partial charge in [-0.25, -0.2) is 4.98 Å². The minimum Gasteiger partial charge on any atom is -0.387 e. The van der Waals surface area contributed by atoms with Crippen molar-refractivity contribution in [1.29, 1.82) is 0 Å². The third kappa shape index (κ3) is 3.35. The molecule has 0 radical (unpaired) electrons. The summed E-state index contributed by atoms with van der Waals surface area (Å²) in [6.45, 7) is 5.96. The monoisotopic (exact) mass is 367 g/mol. The van der Waals surface area contributed by atoms with Crippen molar-refractivity contribution < 1.29 is 9.90 Å². The Kier molecular flexibility index (Phi) is 4.70. The summed E-state index contributed by atoms with van der Waals surface area (Å²) in [6, 6.07) is 5.92. The SMILES string of the molecule is CC[C@@H](O)c1cc2n(n1)CCCN(C(=O)Cc1cnc3c(C)cccn13)C2. The molecule has 1 atom stereocenters. The van der Waals surface area contributed by atoms with Gasteiger partial charge in [0, 0.05) is 25.5 Å². The van der Waals surface area contributed by atoms with E-state index in [4.69, 9.17) is 0 Å². The van der Waals surface area contributed by atoms with Crippen LogP contribution < -0.4 is 0 Å². The van der Waals surface area contributed by atoms with Gasteiger partial charge in [-0.2, -0.15) is 5.10 Å². The van der Waals surface area contributed by atoms with Crippen LogP contribution in [0, 0.1) is 6.92 Å². The molecule has 1 aliphatic rings. The molecule has 1 N–H and O–H groups in total. The lowest BCUT2D eigenvalue weighted by molar-refractivity contribution is -0.131. The van der Waals surface area contributed by atoms with E-state index < -0.39 is 6.10 Å². The lowest BCUT2D eigenvalue weighted by Crippen LogP contribution is -2.32. The van der Waals surface area contributed by atoms with E-state index in [0.29, 0.717) is 31.6 Å². The highest BCUT2D eigenvalue weighted by atomic mass is 16.3. The molecule has 3 aromatic heterocycles. The Balaban J connectivity index is 1.53. The summed E-state index contributed by atoms with van der Waals surface area (Å²) in [7, 11) is 0. The molecule has 3 aromatic rings. The van der Waals surface area contributed by atoms with Crippen molar-refractivity contribution in [2.45, 2.75) is 52.3 Å². The van der Waals surface area contributed by atoms with Crippen molar-refractivity contribution in [3.05, 3.63) is 53.2 Å². The van der Waals surface area contributed by atoms with Gasteiger partial charge < -0.3 is 14.4 Å². The minimum absolute atomic E-state index is 0.0885. The normalized spacial score (nSPS) is 15.6. The van der Waals surface area contributed by atoms with Gasteiger partial charge in [-0.15, -0.1) is 0 Å². The van der Waals surface area contributed by atoms with E-state index in [1.165, 1.54) is 0 Å². The third-order valence-electron chi connectivity index (χ3n) is 5.25. The second-order valence-corrected chi connectivity index (χ2v) is 7.19. The molecule has 4 heterocycles. The van der Waals surface area contributed by atoms with Crippen LogP contribution in [0.4, 0.5) is 0 Å². The van der Waals surface area contributed by atoms with E-state index >= 15 is 0 Å². The third-order valence-corrected chi connectivity index (χ3v) is 5.25. The molecule has 4 rings (SSSR count). The summed E-state index contributed by atoms with van der Waals surface area (Å²) in [4.78, 5) is 19.3. The molecule has 1 aliphatic heterocycles. The van der Waals surface area contributed by atoms with E-state index in [1.54, 1.807) is 6.20 Å². The zero-order valence-corrected chi connectivity index (χ0v) is 15.8. The second-order valence-electron chi connectivity index (χ2n) is 7.19. The van der Waals surface area contributed by atoms with Gasteiger partial charge in [0.05, 0.1) is 36.2 Å². The molecule has 0 aromatic carbocycles. The number of pyridine rings is 1. The number of aromatic nitrogens is 4. The predicted octanol–water partition coefficient (Wildman–Crippen LogP) is 2.26. The van der Waals surface area contributed by atoms with Crippen LogP contribution in [0.3, 0.4) is 0 Å². The van der Waals surface area contributed by atoms with E-state index in [2.05, 4.69) is 10.1 Å². The summed E-state index contributed by atoms with van der Waals surface area (Å²) < 4.78 is 3.92. The van der Waals surface area contributed by atoms with Crippen LogP contribution in [-0.4, -0.2) is 41.6 Å². The first kappa shape index (κ1) is 17.7. The van der Waals surface area contributed by atoms with Gasteiger partial charge in [0.15, 0.2) is 0 Å². The van der Waals surface area contributed by atoms with Crippen molar-refractivity contribution in [2.24, 2.45) is 0 Å². The van der Waals surface area contributed by atoms with Crippen LogP contribution in [0.5, 0.6) is 0 Å². The Hall–Kier alpha value is -2.67. The number of carbonyl (C=O) groups is 1. The number of aryl methyl sites for hydroxylation is 2. The Bertz CT molecular complexity index is 974. The van der Waals surface area contributed by atoms with Gasteiger partial charge in [0.25, 0.3) is 0 Å². The molecule has 0 unspecified atom stereocenters. The first-order valence-corrected chi connectivity index (χ1v) is 9.51. The first-order valence-electron chi connectivity index (χ1n) is 9.51. The molecular formula is C20H25N5O2. The van der Waals surface area contributed by atoms with Crippen molar-refractivity contribution in [3.8, 4) is 0 Å². The molecule has 0 fully saturated rings. The van der Waals surface area contributed by atoms with Crippen LogP contribution in [0.15, 0.2) is 30.6 Å². The van der Waals surface area contributed by atoms with Crippen LogP contribution in [0.25, 0.3) is 5.65 Å². The van der Waals surface area contributed by atoms with Crippen LogP contribution in [0.2, 0.25) is 0 Å². The number of hydrogen-bond acceptors (Lipinski definition) is 4. The fourth-order valence-electron chi connectivity index (χ4n) is 3.67. The lowest BCUT2D eigenvalue weighted by atomic mass is 10.2. The number of carbonyl (C=O) groups excluding carboxylic acids is 1. The summed E-state index contributed by atoms with van der Waals surface area (Å²) >= 11 is 0. The Morgan fingerprint density at radius 1 is 1.37 bits per heavy atom. The van der Waals surface area contributed by atoms with Crippen molar-refractivity contribution in [3.63, 3.8) is 0 Å². The molecule has 7 nitrogen and oxygen atoms in total. The molecule has 1 amide bonds. The number of nitrogens with zero attached hydrogens (tertiary/aromatic N) is 5. The maximum absolute atomic E-state index is 13.0. The Labute approximate surface area is 158 Å². The topological polar surface area (TPSA) is 75.7 Å². The van der Waals surface area contributed by atoms with Crippen molar-refractivity contribution in [1.82, 2.24) is 24.1 Å². The van der Waals surface area contributed by atoms with Gasteiger partial charge in [-0.1, -0.05) is 13.0 Å². The Morgan fingerprint density at radius 3 is 3.04 bits per heavy atom. The molecule has 0 aliphatic carbocycles. The van der Waals surface area contributed by atoms with E-state index in [-0.39, 0.29) is 5.91 Å². The van der Waals surface area contributed by atoms with Gasteiger partial charge >= 0.3 is 0 Å². The predicted molar refractivity (Wildman–Crippen MR) is 101 cm³/mol. The van der Waals surface area contributed by atoms with Crippen LogP contribution in [0.1, 0.15) is 48.5 Å². The second kappa shape index (κ2) is 7.15. The molecule has 0 saturated heterocycles. The number of aliphatic hydroxyl groups excluding tert-OH is 1. The fraction of sp³-hybridized carbons (Fsp3) is 0.450. The lowest BCUT2D eigenvalue weighted by Gasteiger charge is -2.20. The first-order chi connectivity index (χ1) is 13.1. The molecule has 0 saturated carbocycles. The molecular weight excluding hydrogens is 342 g/mol. The minimum atomic E-state index is -0.546. The zero-order valence-electron chi connectivity index (χ0n) is 15.8. The van der Waals surface area contributed by atoms with Crippen molar-refractivity contribution >= 4 is 11.6 Å². The summed E-state index contributed by atoms with van der Waals surface area (Å²) in [6.07, 6.45) is 5.01. The Morgan fingerprint density at radius 2 is 2.22 bits per heavy atom. The van der Waals surface area contributed by atoms with E-state index in [9.17, 15) is 9.90 Å². The smallest absolute Gasteiger partial charge is 0.228 e. The summed E-state index contributed by atoms with van der Waals surface area (Å²) in [5.41, 5.74) is 4.57. The highest BCUT2D eigenvalue weighted by Gasteiger charge is 2.23. The number of hydrogen-bond donors (Lipinski definition) is 1. The molecule has 27 heavy (non-hydrogen) atoms. The van der Waals surface area contributed by atoms with E-state index in [1.807, 2.05) is 52.2 Å². The van der Waals surface area contributed by atoms with Gasteiger partial charge in [0.2, 0.25) is 5.91 Å². The summed E-state index contributed by atoms with van der Waals surface area (Å²) in [5, 5.41) is 14.6. The highest BCUT2D eigenvalue weighted by molar-refractivity contribution is 5.78. The number of fused-ring (bicyclic) bond motifs is 2. The van der Waals surface area contributed by atoms with Crippen LogP contribution in [-0.2, 0) is 24.3 Å². The van der Waals surface area contributed by atoms with Gasteiger partial charge in [-0.05, 0) is 37.5 Å². The number of imidazole rings is 1. The highest BCUT2D eigenvalue weighted by Crippen LogP contribution is 2.21. The maximum atomic E-state index is 13.0. The number of rotatable bonds is 4. The summed E-state index contributed by atoms with van der Waals surface area (Å²) in [5.74, 6) is 0.0885. The fourth-order valence-corrected chi connectivity index (χ4v) is 3.67. The maximum Gasteiger partial charge on any atom is 0.228 e. The van der Waals surface area contributed by atoms with Gasteiger partial charge in [0.1, 0.15) is 5.65 Å². The number of amides is 1. The molecule has 142 valence electrons. The standard InChI is InChI=1S/C20H25N5O2/c1-3-18(26)17-10-16-13-23(7-5-9-25(16)22-17)19(27)11-15-12-21-20-14(2)6-4-8-24(15)20/h4,6,8,10,12,18,26H,3,5,7,9,11,13H2,1-2H3/t18-/m1/s1. The zero-order chi connectivity index (χ0) is 19.0. The molecule has 0 spiro atoms. The molecule has 7 heteroatoms.